The van der Waals surface area contributed by atoms with E-state index in [-0.39, 0.29) is 24.1 Å². The molecule has 13 nitrogen and oxygen atoms in total. The maximum absolute atomic E-state index is 13.3. The maximum atomic E-state index is 13.3. The van der Waals surface area contributed by atoms with Gasteiger partial charge in [-0.15, -0.1) is 0 Å². The Morgan fingerprint density at radius 3 is 2.33 bits per heavy atom. The van der Waals surface area contributed by atoms with Gasteiger partial charge < -0.3 is 39.6 Å². The summed E-state index contributed by atoms with van der Waals surface area (Å²) in [5.41, 5.74) is 14.3. The minimum absolute atomic E-state index is 0.0491. The molecular formula is C50H71N7O6. The molecule has 2 aromatic heterocycles. The molecule has 4 N–H and O–H groups in total. The van der Waals surface area contributed by atoms with E-state index in [4.69, 9.17) is 19.4 Å². The number of H-pyrrole nitrogens is 2. The van der Waals surface area contributed by atoms with Crippen LogP contribution in [0.5, 0.6) is 0 Å². The van der Waals surface area contributed by atoms with Crippen LogP contribution in [0, 0.1) is 11.8 Å². The van der Waals surface area contributed by atoms with Crippen molar-refractivity contribution in [2.24, 2.45) is 17.6 Å². The number of carbonyl (C=O) groups is 3. The smallest absolute Gasteiger partial charge is 0.404 e. The van der Waals surface area contributed by atoms with Crippen molar-refractivity contribution in [3.63, 3.8) is 0 Å². The number of primary amides is 1. The fraction of sp³-hybridized carbons (Fsp3) is 0.540. The van der Waals surface area contributed by atoms with Crippen molar-refractivity contribution in [1.29, 1.82) is 0 Å². The summed E-state index contributed by atoms with van der Waals surface area (Å²) in [6.45, 7) is 14.1. The van der Waals surface area contributed by atoms with Gasteiger partial charge in [0.1, 0.15) is 17.9 Å². The van der Waals surface area contributed by atoms with Gasteiger partial charge in [-0.05, 0) is 111 Å². The van der Waals surface area contributed by atoms with E-state index in [1.807, 2.05) is 31.9 Å². The molecule has 3 aromatic carbocycles. The number of hydrogen-bond donors (Lipinski definition) is 3. The van der Waals surface area contributed by atoms with Crippen molar-refractivity contribution >= 4 is 40.1 Å². The topological polar surface area (TPSA) is 169 Å². The highest BCUT2D eigenvalue weighted by Gasteiger charge is 2.37. The van der Waals surface area contributed by atoms with E-state index in [2.05, 4.69) is 95.6 Å². The average Bonchev–Trinajstić information content (AvgIpc) is 4.15. The molecule has 6 unspecified atom stereocenters. The summed E-state index contributed by atoms with van der Waals surface area (Å²) in [7, 11) is 6.86. The van der Waals surface area contributed by atoms with Gasteiger partial charge in [0.05, 0.1) is 61.2 Å². The van der Waals surface area contributed by atoms with Crippen LogP contribution in [0.2, 0.25) is 0 Å². The molecule has 2 fully saturated rings. The van der Waals surface area contributed by atoms with Crippen molar-refractivity contribution in [2.45, 2.75) is 124 Å². The molecule has 3 aliphatic rings. The molecule has 6 atom stereocenters. The van der Waals surface area contributed by atoms with Gasteiger partial charge >= 0.3 is 6.09 Å². The van der Waals surface area contributed by atoms with Crippen molar-refractivity contribution in [1.82, 2.24) is 29.7 Å². The molecule has 13 heteroatoms. The highest BCUT2D eigenvalue weighted by molar-refractivity contribution is 6.05. The minimum atomic E-state index is -0.745. The van der Waals surface area contributed by atoms with Crippen molar-refractivity contribution < 1.29 is 28.6 Å². The van der Waals surface area contributed by atoms with Crippen LogP contribution in [0.15, 0.2) is 48.7 Å². The fourth-order valence-electron chi connectivity index (χ4n) is 9.24. The highest BCUT2D eigenvalue weighted by atomic mass is 16.5. The predicted octanol–water partition coefficient (Wildman–Crippen LogP) is 9.74. The zero-order valence-electron chi connectivity index (χ0n) is 39.3. The van der Waals surface area contributed by atoms with Crippen LogP contribution in [-0.4, -0.2) is 102 Å². The van der Waals surface area contributed by atoms with Gasteiger partial charge in [0.2, 0.25) is 5.91 Å². The molecule has 0 saturated carbocycles. The second-order valence-corrected chi connectivity index (χ2v) is 17.1. The number of fused-ring (bicyclic) bond motifs is 4. The van der Waals surface area contributed by atoms with Crippen LogP contribution in [0.4, 0.5) is 4.79 Å². The summed E-state index contributed by atoms with van der Waals surface area (Å²) in [6, 6.07) is 16.2. The molecule has 2 amide bonds. The van der Waals surface area contributed by atoms with Crippen LogP contribution in [0.25, 0.3) is 44.2 Å². The Morgan fingerprint density at radius 1 is 0.968 bits per heavy atom. The van der Waals surface area contributed by atoms with Gasteiger partial charge in [-0.2, -0.15) is 0 Å². The lowest BCUT2D eigenvalue weighted by Gasteiger charge is -2.28. The number of nitrogens with one attached hydrogen (secondary N) is 2. The van der Waals surface area contributed by atoms with E-state index in [1.54, 1.807) is 14.2 Å². The number of aromatic nitrogens is 4. The second kappa shape index (κ2) is 23.0. The summed E-state index contributed by atoms with van der Waals surface area (Å²) in [6.07, 6.45) is 10.6. The van der Waals surface area contributed by atoms with Crippen LogP contribution in [0.3, 0.4) is 0 Å². The normalized spacial score (nSPS) is 20.2. The van der Waals surface area contributed by atoms with E-state index in [9.17, 15) is 14.4 Å². The Labute approximate surface area is 373 Å². The van der Waals surface area contributed by atoms with Crippen molar-refractivity contribution in [3.8, 4) is 22.4 Å². The SMILES string of the molecule is CC.CCC(C)CC=O.COC(N)=O.COCC1CC(c2ncc(-c3ccc(-c4ccc5c(ccc6[nH]c(C7CCC(C)N7C(=O)CC(C)OC)nc65)c4)c4c3CCC4)[nH]2)N(C)C1. The molecule has 0 spiro atoms. The molecule has 1 aliphatic carbocycles. The van der Waals surface area contributed by atoms with Crippen LogP contribution < -0.4 is 5.73 Å². The lowest BCUT2D eigenvalue weighted by atomic mass is 9.91. The number of aromatic amines is 2. The molecule has 2 saturated heterocycles. The Morgan fingerprint density at radius 2 is 1.68 bits per heavy atom. The summed E-state index contributed by atoms with van der Waals surface area (Å²) in [5.74, 6) is 3.18. The Bertz CT molecular complexity index is 2290. The molecule has 2 aliphatic heterocycles. The minimum Gasteiger partial charge on any atom is -0.453 e. The number of methoxy groups -OCH3 is 3. The Kier molecular flexibility index (Phi) is 17.9. The maximum Gasteiger partial charge on any atom is 0.404 e. The van der Waals surface area contributed by atoms with Gasteiger partial charge in [0.15, 0.2) is 0 Å². The highest BCUT2D eigenvalue weighted by Crippen LogP contribution is 2.42. The fourth-order valence-corrected chi connectivity index (χ4v) is 9.24. The lowest BCUT2D eigenvalue weighted by molar-refractivity contribution is -0.136. The third-order valence-electron chi connectivity index (χ3n) is 12.9. The zero-order valence-corrected chi connectivity index (χ0v) is 39.3. The zero-order chi connectivity index (χ0) is 45.8. The van der Waals surface area contributed by atoms with Crippen molar-refractivity contribution in [3.05, 3.63) is 71.4 Å². The first kappa shape index (κ1) is 48.9. The largest absolute Gasteiger partial charge is 0.453 e. The van der Waals surface area contributed by atoms with Crippen LogP contribution >= 0.6 is 0 Å². The first-order chi connectivity index (χ1) is 30.4. The number of ether oxygens (including phenoxy) is 3. The number of nitrogens with two attached hydrogens (primary N) is 1. The van der Waals surface area contributed by atoms with Gasteiger partial charge in [0.25, 0.3) is 0 Å². The van der Waals surface area contributed by atoms with Gasteiger partial charge in [-0.25, -0.2) is 14.8 Å². The molecule has 8 rings (SSSR count). The number of amides is 2. The van der Waals surface area contributed by atoms with E-state index in [1.165, 1.54) is 46.7 Å². The molecule has 0 bridgehead atoms. The first-order valence-corrected chi connectivity index (χ1v) is 22.8. The average molecular weight is 866 g/mol. The summed E-state index contributed by atoms with van der Waals surface area (Å²) in [4.78, 5) is 54.1. The lowest BCUT2D eigenvalue weighted by Crippen LogP contribution is -2.37. The quantitative estimate of drug-likeness (QED) is 0.103. The number of imidazole rings is 2. The number of nitrogens with zero attached hydrogens (tertiary/aromatic N) is 4. The summed E-state index contributed by atoms with van der Waals surface area (Å²) in [5, 5.41) is 2.30. The summed E-state index contributed by atoms with van der Waals surface area (Å²) < 4.78 is 14.7. The molecule has 0 radical (unpaired) electrons. The number of aldehydes is 1. The van der Waals surface area contributed by atoms with Gasteiger partial charge in [-0.1, -0.05) is 64.4 Å². The molecular weight excluding hydrogens is 795 g/mol. The number of hydrogen-bond acceptors (Lipinski definition) is 9. The van der Waals surface area contributed by atoms with Gasteiger partial charge in [0, 0.05) is 44.2 Å². The molecule has 63 heavy (non-hydrogen) atoms. The standard InChI is InChI=1S/C40H48N6O3.C6H12O.C2H5NO2.C2H6/c1-23-9-16-35(46(23)37(47)17-24(2)49-5)40-42-33-15-11-27-19-26(10-12-29(27)38(33)44-40)28-13-14-32(31-8-6-7-30(28)31)34-20-41-39(43-34)36-18-25(22-48-4)21-45(36)3;1-3-6(2)4-5-7;1-5-2(3)4;1-2/h10-15,19-20,23-25,35-36H,6-9,16-18,21-22H2,1-5H3,(H,41,43)(H,42,44);5-6H,3-4H2,1-2H3;1H3,(H2,3,4);1-2H3. The number of likely N-dealkylation sites (tertiary alicyclic amines) is 2. The predicted molar refractivity (Wildman–Crippen MR) is 251 cm³/mol. The van der Waals surface area contributed by atoms with Gasteiger partial charge in [-0.3, -0.25) is 9.69 Å². The first-order valence-electron chi connectivity index (χ1n) is 22.8. The third kappa shape index (κ3) is 11.5. The van der Waals surface area contributed by atoms with E-state index >= 15 is 0 Å². The summed E-state index contributed by atoms with van der Waals surface area (Å²) >= 11 is 0. The third-order valence-corrected chi connectivity index (χ3v) is 12.9. The Hall–Kier alpha value is -5.11. The van der Waals surface area contributed by atoms with Crippen LogP contribution in [0.1, 0.15) is 121 Å². The van der Waals surface area contributed by atoms with Crippen LogP contribution in [-0.2, 0) is 36.6 Å². The van der Waals surface area contributed by atoms with E-state index in [0.29, 0.717) is 24.3 Å². The second-order valence-electron chi connectivity index (χ2n) is 17.1. The number of carbonyl (C=O) groups excluding carboxylic acids is 3. The Balaban J connectivity index is 0.000000468. The molecule has 5 aromatic rings. The molecule has 342 valence electrons. The monoisotopic (exact) mass is 866 g/mol. The van der Waals surface area contributed by atoms with E-state index < -0.39 is 6.09 Å². The molecule has 4 heterocycles. The number of benzene rings is 3. The van der Waals surface area contributed by atoms with E-state index in [0.717, 1.165) is 98.1 Å². The number of rotatable bonds is 12. The van der Waals surface area contributed by atoms with Crippen molar-refractivity contribution in [2.75, 3.05) is 41.5 Å².